The van der Waals surface area contributed by atoms with Crippen molar-refractivity contribution >= 4 is 17.7 Å². The summed E-state index contributed by atoms with van der Waals surface area (Å²) in [5.74, 6) is -0.144. The first-order chi connectivity index (χ1) is 10.7. The minimum Gasteiger partial charge on any atom is -0.391 e. The Labute approximate surface area is 135 Å². The van der Waals surface area contributed by atoms with Crippen LogP contribution in [0.3, 0.4) is 0 Å². The maximum atomic E-state index is 12.3. The van der Waals surface area contributed by atoms with Crippen LogP contribution in [0.15, 0.2) is 64.4 Å². The average molecular weight is 315 g/mol. The summed E-state index contributed by atoms with van der Waals surface area (Å²) in [5.41, 5.74) is 0.639. The molecule has 0 aliphatic heterocycles. The van der Waals surface area contributed by atoms with Crippen molar-refractivity contribution in [2.75, 3.05) is 6.54 Å². The van der Waals surface area contributed by atoms with Gasteiger partial charge in [0, 0.05) is 16.3 Å². The van der Waals surface area contributed by atoms with E-state index in [0.717, 1.165) is 16.2 Å². The molecular weight excluding hydrogens is 294 g/mol. The van der Waals surface area contributed by atoms with Crippen LogP contribution in [0.25, 0.3) is 0 Å². The highest BCUT2D eigenvalue weighted by atomic mass is 32.2. The molecule has 3 nitrogen and oxygen atoms in total. The molecule has 0 spiro atoms. The van der Waals surface area contributed by atoms with Crippen LogP contribution in [0.2, 0.25) is 0 Å². The number of carbonyl (C=O) groups excluding carboxylic acids is 1. The van der Waals surface area contributed by atoms with Gasteiger partial charge in [0.25, 0.3) is 5.91 Å². The molecule has 2 aromatic rings. The van der Waals surface area contributed by atoms with Crippen LogP contribution < -0.4 is 5.32 Å². The van der Waals surface area contributed by atoms with Gasteiger partial charge < -0.3 is 10.4 Å². The van der Waals surface area contributed by atoms with Crippen molar-refractivity contribution in [3.05, 3.63) is 60.2 Å². The smallest absolute Gasteiger partial charge is 0.252 e. The number of rotatable bonds is 7. The fourth-order valence-corrected chi connectivity index (χ4v) is 3.06. The Morgan fingerprint density at radius 2 is 1.82 bits per heavy atom. The van der Waals surface area contributed by atoms with Gasteiger partial charge in [0.1, 0.15) is 0 Å². The lowest BCUT2D eigenvalue weighted by Crippen LogP contribution is -2.32. The molecule has 1 amide bonds. The maximum Gasteiger partial charge on any atom is 0.252 e. The second-order valence-corrected chi connectivity index (χ2v) is 6.18. The molecule has 0 aliphatic rings. The monoisotopic (exact) mass is 315 g/mol. The number of carbonyl (C=O) groups is 1. The van der Waals surface area contributed by atoms with E-state index in [2.05, 4.69) is 5.32 Å². The van der Waals surface area contributed by atoms with E-state index in [-0.39, 0.29) is 12.5 Å². The standard InChI is InChI=1S/C18H21NO2S/c1-2-8-14(20)13-19-18(21)16-11-6-7-12-17(16)22-15-9-4-3-5-10-15/h3-7,9-12,14,20H,2,8,13H2,1H3,(H,19,21). The van der Waals surface area contributed by atoms with Gasteiger partial charge in [-0.15, -0.1) is 0 Å². The Balaban J connectivity index is 2.06. The van der Waals surface area contributed by atoms with Crippen LogP contribution in [0.5, 0.6) is 0 Å². The van der Waals surface area contributed by atoms with Gasteiger partial charge in [0.15, 0.2) is 0 Å². The Bertz CT molecular complexity index is 601. The zero-order chi connectivity index (χ0) is 15.8. The van der Waals surface area contributed by atoms with Crippen molar-refractivity contribution in [1.29, 1.82) is 0 Å². The van der Waals surface area contributed by atoms with Crippen molar-refractivity contribution in [2.45, 2.75) is 35.7 Å². The Morgan fingerprint density at radius 3 is 2.55 bits per heavy atom. The van der Waals surface area contributed by atoms with E-state index in [4.69, 9.17) is 0 Å². The number of amides is 1. The first-order valence-corrected chi connectivity index (χ1v) is 8.30. The number of aliphatic hydroxyl groups excluding tert-OH is 1. The molecule has 0 bridgehead atoms. The third-order valence-electron chi connectivity index (χ3n) is 3.22. The molecule has 22 heavy (non-hydrogen) atoms. The highest BCUT2D eigenvalue weighted by molar-refractivity contribution is 7.99. The van der Waals surface area contributed by atoms with E-state index in [1.165, 1.54) is 0 Å². The van der Waals surface area contributed by atoms with Crippen LogP contribution in [0.4, 0.5) is 0 Å². The van der Waals surface area contributed by atoms with Gasteiger partial charge in [0.2, 0.25) is 0 Å². The van der Waals surface area contributed by atoms with Crippen molar-refractivity contribution in [2.24, 2.45) is 0 Å². The van der Waals surface area contributed by atoms with Crippen molar-refractivity contribution in [3.8, 4) is 0 Å². The second-order valence-electron chi connectivity index (χ2n) is 5.06. The van der Waals surface area contributed by atoms with Gasteiger partial charge in [-0.25, -0.2) is 0 Å². The normalized spacial score (nSPS) is 11.9. The lowest BCUT2D eigenvalue weighted by Gasteiger charge is -2.13. The van der Waals surface area contributed by atoms with E-state index < -0.39 is 6.10 Å². The molecule has 0 heterocycles. The Morgan fingerprint density at radius 1 is 1.14 bits per heavy atom. The molecule has 2 N–H and O–H groups in total. The summed E-state index contributed by atoms with van der Waals surface area (Å²) < 4.78 is 0. The van der Waals surface area contributed by atoms with Crippen molar-refractivity contribution in [1.82, 2.24) is 5.32 Å². The van der Waals surface area contributed by atoms with Gasteiger partial charge in [-0.1, -0.05) is 55.4 Å². The Kier molecular flexibility index (Phi) is 6.49. The van der Waals surface area contributed by atoms with E-state index in [1.54, 1.807) is 11.8 Å². The van der Waals surface area contributed by atoms with Crippen LogP contribution in [-0.4, -0.2) is 23.7 Å². The lowest BCUT2D eigenvalue weighted by molar-refractivity contribution is 0.0907. The summed E-state index contributed by atoms with van der Waals surface area (Å²) in [6.07, 6.45) is 1.11. The van der Waals surface area contributed by atoms with Crippen LogP contribution >= 0.6 is 11.8 Å². The quantitative estimate of drug-likeness (QED) is 0.818. The highest BCUT2D eigenvalue weighted by Gasteiger charge is 2.13. The van der Waals surface area contributed by atoms with E-state index in [9.17, 15) is 9.90 Å². The fraction of sp³-hybridized carbons (Fsp3) is 0.278. The molecule has 0 fully saturated rings. The van der Waals surface area contributed by atoms with Gasteiger partial charge in [-0.3, -0.25) is 4.79 Å². The van der Waals surface area contributed by atoms with Gasteiger partial charge in [-0.2, -0.15) is 0 Å². The molecule has 2 aromatic carbocycles. The molecule has 4 heteroatoms. The third kappa shape index (κ3) is 4.90. The second kappa shape index (κ2) is 8.61. The summed E-state index contributed by atoms with van der Waals surface area (Å²) in [5, 5.41) is 12.5. The summed E-state index contributed by atoms with van der Waals surface area (Å²) in [6.45, 7) is 2.30. The molecule has 0 aromatic heterocycles. The molecule has 0 radical (unpaired) electrons. The molecule has 1 atom stereocenters. The average Bonchev–Trinajstić information content (AvgIpc) is 2.54. The topological polar surface area (TPSA) is 49.3 Å². The SMILES string of the molecule is CCCC(O)CNC(=O)c1ccccc1Sc1ccccc1. The molecular formula is C18H21NO2S. The Hall–Kier alpha value is -1.78. The van der Waals surface area contributed by atoms with E-state index >= 15 is 0 Å². The largest absolute Gasteiger partial charge is 0.391 e. The molecule has 0 saturated carbocycles. The molecule has 0 aliphatic carbocycles. The van der Waals surface area contributed by atoms with Gasteiger partial charge in [-0.05, 0) is 30.7 Å². The molecule has 1 unspecified atom stereocenters. The van der Waals surface area contributed by atoms with Gasteiger partial charge in [0.05, 0.1) is 11.7 Å². The lowest BCUT2D eigenvalue weighted by atomic mass is 10.2. The molecule has 0 saturated heterocycles. The van der Waals surface area contributed by atoms with E-state index in [1.807, 2.05) is 61.5 Å². The summed E-state index contributed by atoms with van der Waals surface area (Å²) in [6, 6.07) is 17.5. The predicted molar refractivity (Wildman–Crippen MR) is 90.3 cm³/mol. The van der Waals surface area contributed by atoms with Crippen molar-refractivity contribution in [3.63, 3.8) is 0 Å². The molecule has 2 rings (SSSR count). The fourth-order valence-electron chi connectivity index (χ4n) is 2.10. The van der Waals surface area contributed by atoms with E-state index in [0.29, 0.717) is 12.0 Å². The zero-order valence-electron chi connectivity index (χ0n) is 12.7. The minimum absolute atomic E-state index is 0.144. The summed E-state index contributed by atoms with van der Waals surface area (Å²) >= 11 is 1.56. The number of benzene rings is 2. The number of aliphatic hydroxyl groups is 1. The third-order valence-corrected chi connectivity index (χ3v) is 4.31. The minimum atomic E-state index is -0.483. The molecule has 116 valence electrons. The van der Waals surface area contributed by atoms with Crippen LogP contribution in [-0.2, 0) is 0 Å². The number of hydrogen-bond acceptors (Lipinski definition) is 3. The van der Waals surface area contributed by atoms with Crippen LogP contribution in [0, 0.1) is 0 Å². The number of nitrogens with one attached hydrogen (secondary N) is 1. The summed E-state index contributed by atoms with van der Waals surface area (Å²) in [4.78, 5) is 14.3. The van der Waals surface area contributed by atoms with Crippen LogP contribution in [0.1, 0.15) is 30.1 Å². The zero-order valence-corrected chi connectivity index (χ0v) is 13.5. The maximum absolute atomic E-state index is 12.3. The van der Waals surface area contributed by atoms with Gasteiger partial charge >= 0.3 is 0 Å². The van der Waals surface area contributed by atoms with Crippen molar-refractivity contribution < 1.29 is 9.90 Å². The first kappa shape index (κ1) is 16.6. The first-order valence-electron chi connectivity index (χ1n) is 7.49. The highest BCUT2D eigenvalue weighted by Crippen LogP contribution is 2.30. The predicted octanol–water partition coefficient (Wildman–Crippen LogP) is 3.73. The summed E-state index contributed by atoms with van der Waals surface area (Å²) in [7, 11) is 0. The number of hydrogen-bond donors (Lipinski definition) is 2.